The molecule has 3 N–H and O–H groups in total. The van der Waals surface area contributed by atoms with Crippen molar-refractivity contribution in [3.8, 4) is 11.3 Å². The number of ether oxygens (including phenoxy) is 2. The van der Waals surface area contributed by atoms with Crippen LogP contribution in [-0.4, -0.2) is 79.7 Å². The lowest BCUT2D eigenvalue weighted by Gasteiger charge is -2.43. The first kappa shape index (κ1) is 24.9. The zero-order valence-electron chi connectivity index (χ0n) is 19.8. The van der Waals surface area contributed by atoms with Crippen LogP contribution in [0, 0.1) is 18.6 Å². The van der Waals surface area contributed by atoms with E-state index >= 15 is 0 Å². The minimum atomic E-state index is -1.23. The molecule has 0 radical (unpaired) electrons. The monoisotopic (exact) mass is 506 g/mol. The second-order valence-electron chi connectivity index (χ2n) is 9.39. The Bertz CT molecular complexity index is 1220. The van der Waals surface area contributed by atoms with E-state index in [1.807, 2.05) is 0 Å². The minimum absolute atomic E-state index is 0.0663. The first-order valence-electron chi connectivity index (χ1n) is 11.8. The molecule has 0 bridgehead atoms. The average molecular weight is 507 g/mol. The molecule has 2 fully saturated rings. The summed E-state index contributed by atoms with van der Waals surface area (Å²) in [5.74, 6) is -1.50. The maximum absolute atomic E-state index is 14.5. The first-order valence-corrected chi connectivity index (χ1v) is 11.8. The van der Waals surface area contributed by atoms with Crippen LogP contribution in [0.1, 0.15) is 41.8 Å². The van der Waals surface area contributed by atoms with Crippen molar-refractivity contribution in [1.82, 2.24) is 20.2 Å². The molecule has 5 rings (SSSR count). The van der Waals surface area contributed by atoms with E-state index in [9.17, 15) is 24.1 Å². The van der Waals surface area contributed by atoms with Crippen molar-refractivity contribution in [1.29, 1.82) is 0 Å². The highest BCUT2D eigenvalue weighted by molar-refractivity contribution is 5.59. The molecule has 7 atom stereocenters. The van der Waals surface area contributed by atoms with Crippen molar-refractivity contribution in [2.75, 3.05) is 13.7 Å². The van der Waals surface area contributed by atoms with Gasteiger partial charge >= 0.3 is 0 Å². The molecule has 194 valence electrons. The quantitative estimate of drug-likeness (QED) is 0.437. The van der Waals surface area contributed by atoms with Gasteiger partial charge in [-0.15, -0.1) is 5.10 Å². The van der Waals surface area contributed by atoms with E-state index in [0.29, 0.717) is 11.5 Å². The van der Waals surface area contributed by atoms with Crippen LogP contribution in [-0.2, 0) is 15.9 Å². The Balaban J connectivity index is 1.42. The molecule has 1 saturated carbocycles. The van der Waals surface area contributed by atoms with Gasteiger partial charge in [-0.1, -0.05) is 16.4 Å². The van der Waals surface area contributed by atoms with Crippen LogP contribution in [0.25, 0.3) is 11.3 Å². The molecule has 1 aliphatic carbocycles. The lowest BCUT2D eigenvalue weighted by molar-refractivity contribution is -0.212. The number of hydrogen-bond acceptors (Lipinski definition) is 9. The molecular formula is C24H28F2N4O6. The molecule has 0 unspecified atom stereocenters. The number of aliphatic hydroxyl groups excluding tert-OH is 3. The second-order valence-corrected chi connectivity index (χ2v) is 9.39. The lowest BCUT2D eigenvalue weighted by Crippen LogP contribution is -2.57. The van der Waals surface area contributed by atoms with Crippen molar-refractivity contribution in [3.63, 3.8) is 0 Å². The SMILES string of the molecule is CO[C@@H]1[C@@H](n2cc(-c3ccc(C)c(F)c3F)nn2)[C@@H](O)[C@@H](CO)O[C@@H]1Cc1cc([C@@H]2CC[C@H]2O)on1. The third-order valence-electron chi connectivity index (χ3n) is 7.19. The molecular weight excluding hydrogens is 478 g/mol. The molecule has 1 saturated heterocycles. The van der Waals surface area contributed by atoms with Crippen LogP contribution in [0.15, 0.2) is 28.9 Å². The molecule has 10 nitrogen and oxygen atoms in total. The Kier molecular flexibility index (Phi) is 6.88. The number of methoxy groups -OCH3 is 1. The maximum atomic E-state index is 14.5. The summed E-state index contributed by atoms with van der Waals surface area (Å²) in [7, 11) is 1.45. The van der Waals surface area contributed by atoms with Gasteiger partial charge in [0.1, 0.15) is 35.8 Å². The van der Waals surface area contributed by atoms with Gasteiger partial charge < -0.3 is 29.3 Å². The highest BCUT2D eigenvalue weighted by Crippen LogP contribution is 2.38. The number of rotatable bonds is 7. The fourth-order valence-electron chi connectivity index (χ4n) is 4.94. The number of aliphatic hydroxyl groups is 3. The van der Waals surface area contributed by atoms with Crippen molar-refractivity contribution >= 4 is 0 Å². The molecule has 2 aromatic heterocycles. The molecule has 36 heavy (non-hydrogen) atoms. The van der Waals surface area contributed by atoms with Gasteiger partial charge in [-0.25, -0.2) is 13.5 Å². The third kappa shape index (κ3) is 4.33. The topological polar surface area (TPSA) is 136 Å². The molecule has 1 aliphatic heterocycles. The molecule has 0 amide bonds. The van der Waals surface area contributed by atoms with Crippen molar-refractivity contribution in [2.45, 2.75) is 68.7 Å². The van der Waals surface area contributed by atoms with E-state index < -0.39 is 54.8 Å². The van der Waals surface area contributed by atoms with Crippen molar-refractivity contribution < 1.29 is 38.1 Å². The Morgan fingerprint density at radius 3 is 2.64 bits per heavy atom. The zero-order chi connectivity index (χ0) is 25.6. The Labute approximate surface area is 205 Å². The molecule has 1 aromatic carbocycles. The average Bonchev–Trinajstić information content (AvgIpc) is 3.52. The first-order chi connectivity index (χ1) is 17.3. The number of halogens is 2. The molecule has 3 heterocycles. The summed E-state index contributed by atoms with van der Waals surface area (Å²) >= 11 is 0. The van der Waals surface area contributed by atoms with Gasteiger partial charge in [-0.3, -0.25) is 0 Å². The third-order valence-corrected chi connectivity index (χ3v) is 7.19. The van der Waals surface area contributed by atoms with Gasteiger partial charge in [0, 0.05) is 31.1 Å². The maximum Gasteiger partial charge on any atom is 0.168 e. The predicted molar refractivity (Wildman–Crippen MR) is 120 cm³/mol. The van der Waals surface area contributed by atoms with Crippen molar-refractivity contribution in [3.05, 3.63) is 53.0 Å². The van der Waals surface area contributed by atoms with Crippen LogP contribution in [0.4, 0.5) is 8.78 Å². The summed E-state index contributed by atoms with van der Waals surface area (Å²) in [5.41, 5.74) is 0.750. The van der Waals surface area contributed by atoms with Crippen molar-refractivity contribution in [2.24, 2.45) is 0 Å². The molecule has 0 spiro atoms. The van der Waals surface area contributed by atoms with Gasteiger partial charge in [0.2, 0.25) is 0 Å². The van der Waals surface area contributed by atoms with E-state index in [2.05, 4.69) is 15.5 Å². The van der Waals surface area contributed by atoms with Crippen LogP contribution in [0.5, 0.6) is 0 Å². The molecule has 3 aromatic rings. The van der Waals surface area contributed by atoms with Crippen LogP contribution in [0.3, 0.4) is 0 Å². The summed E-state index contributed by atoms with van der Waals surface area (Å²) in [5, 5.41) is 42.9. The highest BCUT2D eigenvalue weighted by Gasteiger charge is 2.47. The van der Waals surface area contributed by atoms with E-state index in [4.69, 9.17) is 14.0 Å². The predicted octanol–water partition coefficient (Wildman–Crippen LogP) is 1.68. The fourth-order valence-corrected chi connectivity index (χ4v) is 4.94. The second kappa shape index (κ2) is 9.94. The van der Waals surface area contributed by atoms with E-state index in [0.717, 1.165) is 12.8 Å². The molecule has 2 aliphatic rings. The number of aryl methyl sites for hydroxylation is 1. The number of benzene rings is 1. The zero-order valence-corrected chi connectivity index (χ0v) is 19.8. The number of hydrogen-bond donors (Lipinski definition) is 3. The Morgan fingerprint density at radius 2 is 1.97 bits per heavy atom. The Morgan fingerprint density at radius 1 is 1.17 bits per heavy atom. The Hall–Kier alpha value is -2.77. The van der Waals surface area contributed by atoms with Gasteiger partial charge in [-0.05, 0) is 31.4 Å². The summed E-state index contributed by atoms with van der Waals surface area (Å²) < 4.78 is 47.0. The fraction of sp³-hybridized carbons (Fsp3) is 0.542. The summed E-state index contributed by atoms with van der Waals surface area (Å²) in [4.78, 5) is 0. The van der Waals surface area contributed by atoms with E-state index in [1.54, 1.807) is 6.07 Å². The highest BCUT2D eigenvalue weighted by atomic mass is 19.2. The summed E-state index contributed by atoms with van der Waals surface area (Å²) in [6.07, 6.45) is -0.893. The van der Waals surface area contributed by atoms with Gasteiger partial charge in [0.25, 0.3) is 0 Å². The molecule has 12 heteroatoms. The van der Waals surface area contributed by atoms with Crippen LogP contribution >= 0.6 is 0 Å². The van der Waals surface area contributed by atoms with E-state index in [-0.39, 0.29) is 29.2 Å². The number of nitrogens with zero attached hydrogens (tertiary/aromatic N) is 4. The standard InChI is InChI=1S/C24H28F2N4O6/c1-11-3-4-13(21(26)20(11)25)15-9-30(29-27-15)22-23(33)19(10-31)35-18(24(22)34-2)8-12-7-17(36-28-12)14-5-6-16(14)32/h3-4,7,9,14,16,18-19,22-24,31-33H,5-6,8,10H2,1-2H3/t14-,16-,18-,19-,22+,23+,24+/m1/s1. The number of aromatic nitrogens is 4. The van der Waals surface area contributed by atoms with Gasteiger partial charge in [0.05, 0.1) is 30.7 Å². The lowest BCUT2D eigenvalue weighted by atomic mass is 9.80. The summed E-state index contributed by atoms with van der Waals surface area (Å²) in [6, 6.07) is 3.77. The summed E-state index contributed by atoms with van der Waals surface area (Å²) in [6.45, 7) is 0.990. The van der Waals surface area contributed by atoms with Gasteiger partial charge in [-0.2, -0.15) is 0 Å². The van der Waals surface area contributed by atoms with Gasteiger partial charge in [0.15, 0.2) is 11.6 Å². The van der Waals surface area contributed by atoms with Crippen LogP contribution in [0.2, 0.25) is 0 Å². The largest absolute Gasteiger partial charge is 0.394 e. The smallest absolute Gasteiger partial charge is 0.168 e. The van der Waals surface area contributed by atoms with Crippen LogP contribution < -0.4 is 0 Å². The minimum Gasteiger partial charge on any atom is -0.394 e. The normalized spacial score (nSPS) is 30.4. The van der Waals surface area contributed by atoms with E-state index in [1.165, 1.54) is 37.0 Å².